The molecule has 200 valence electrons. The van der Waals surface area contributed by atoms with E-state index in [0.717, 1.165) is 19.3 Å². The molecule has 0 radical (unpaired) electrons. The van der Waals surface area contributed by atoms with E-state index in [0.29, 0.717) is 37.6 Å². The summed E-state index contributed by atoms with van der Waals surface area (Å²) in [5.41, 5.74) is 0. The van der Waals surface area contributed by atoms with Gasteiger partial charge in [-0.3, -0.25) is 0 Å². The van der Waals surface area contributed by atoms with Gasteiger partial charge >= 0.3 is 212 Å². The van der Waals surface area contributed by atoms with E-state index in [1.807, 2.05) is 20.8 Å². The number of hydrogen-bond donors (Lipinski definition) is 0. The molecule has 3 atom stereocenters. The topological polar surface area (TPSA) is 64.6 Å². The number of rotatable bonds is 20. The molecule has 0 aliphatic carbocycles. The molecule has 0 aliphatic rings. The van der Waals surface area contributed by atoms with E-state index in [9.17, 15) is 0 Å². The Morgan fingerprint density at radius 1 is 0.515 bits per heavy atom. The van der Waals surface area contributed by atoms with Crippen molar-refractivity contribution in [2.75, 3.05) is 19.8 Å². The first-order chi connectivity index (χ1) is 15.3. The van der Waals surface area contributed by atoms with Crippen LogP contribution < -0.4 is 0 Å². The van der Waals surface area contributed by atoms with Gasteiger partial charge in [-0.15, -0.1) is 0 Å². The zero-order chi connectivity index (χ0) is 25.7. The van der Waals surface area contributed by atoms with Crippen LogP contribution in [-0.2, 0) is 44.4 Å². The molecule has 0 aromatic rings. The van der Waals surface area contributed by atoms with Crippen molar-refractivity contribution in [3.63, 3.8) is 0 Å². The summed E-state index contributed by atoms with van der Waals surface area (Å²) in [5.74, 6) is 0.879. The maximum absolute atomic E-state index is 6.79. The predicted molar refractivity (Wildman–Crippen MR) is 132 cm³/mol. The van der Waals surface area contributed by atoms with Crippen LogP contribution in [0.4, 0.5) is 0 Å². The second kappa shape index (κ2) is 17.2. The summed E-state index contributed by atoms with van der Waals surface area (Å²) in [5, 5.41) is 0. The summed E-state index contributed by atoms with van der Waals surface area (Å²) in [7, 11) is -3.69. The second-order valence-electron chi connectivity index (χ2n) is 10.2. The van der Waals surface area contributed by atoms with Gasteiger partial charge in [-0.2, -0.15) is 0 Å². The monoisotopic (exact) mass is 530 g/mol. The Balaban J connectivity index is 6.43. The van der Waals surface area contributed by atoms with Crippen molar-refractivity contribution in [3.05, 3.63) is 0 Å². The Hall–Kier alpha value is 0.651. The summed E-state index contributed by atoms with van der Waals surface area (Å²) < 4.78 is 45.5. The first-order valence-electron chi connectivity index (χ1n) is 13.0. The molecular formula is C24H54O7SiTi. The molecule has 0 spiro atoms. The first-order valence-corrected chi connectivity index (χ1v) is 17.2. The van der Waals surface area contributed by atoms with E-state index in [-0.39, 0.29) is 18.3 Å². The van der Waals surface area contributed by atoms with Crippen molar-refractivity contribution in [1.29, 1.82) is 0 Å². The van der Waals surface area contributed by atoms with Crippen LogP contribution in [0.25, 0.3) is 0 Å². The molecule has 33 heavy (non-hydrogen) atoms. The molecule has 0 N–H and O–H groups in total. The Kier molecular flexibility index (Phi) is 17.5. The van der Waals surface area contributed by atoms with Crippen LogP contribution in [0.15, 0.2) is 0 Å². The third-order valence-electron chi connectivity index (χ3n) is 4.79. The van der Waals surface area contributed by atoms with Crippen molar-refractivity contribution in [1.82, 2.24) is 0 Å². The van der Waals surface area contributed by atoms with Crippen molar-refractivity contribution in [2.45, 2.75) is 121 Å². The van der Waals surface area contributed by atoms with Gasteiger partial charge in [0.15, 0.2) is 0 Å². The molecule has 0 bridgehead atoms. The molecule has 0 aromatic carbocycles. The normalized spacial score (nSPS) is 17.5. The first kappa shape index (κ1) is 33.7. The summed E-state index contributed by atoms with van der Waals surface area (Å²) in [6, 6.07) is 0. The Labute approximate surface area is 211 Å². The summed E-state index contributed by atoms with van der Waals surface area (Å²) in [4.78, 5) is 0. The molecule has 0 amide bonds. The van der Waals surface area contributed by atoms with E-state index >= 15 is 0 Å². The summed E-state index contributed by atoms with van der Waals surface area (Å²) >= 11 is -4.33. The fourth-order valence-electron chi connectivity index (χ4n) is 2.32. The molecule has 0 aliphatic heterocycles. The molecule has 0 heterocycles. The van der Waals surface area contributed by atoms with Gasteiger partial charge in [-0.1, -0.05) is 0 Å². The molecule has 0 saturated heterocycles. The third kappa shape index (κ3) is 14.7. The Morgan fingerprint density at radius 3 is 1.00 bits per heavy atom. The number of hydrogen-bond acceptors (Lipinski definition) is 7. The average molecular weight is 531 g/mol. The maximum atomic E-state index is 6.79. The van der Waals surface area contributed by atoms with Gasteiger partial charge < -0.3 is 0 Å². The van der Waals surface area contributed by atoms with Crippen LogP contribution in [0, 0.1) is 17.8 Å². The van der Waals surface area contributed by atoms with E-state index in [2.05, 4.69) is 62.3 Å². The summed E-state index contributed by atoms with van der Waals surface area (Å²) in [6.07, 6.45) is 2.09. The SMILES string of the molecule is CCC(C)O[Si](OC(C)CC)(OC(C)CC)[O][Ti]([O]CC(C)C)([O]CC(C)C)[O]CC(C)C. The Morgan fingerprint density at radius 2 is 0.788 bits per heavy atom. The molecule has 0 rings (SSSR count). The van der Waals surface area contributed by atoms with Crippen LogP contribution >= 0.6 is 0 Å². The third-order valence-corrected chi connectivity index (χ3v) is 12.1. The van der Waals surface area contributed by atoms with Crippen LogP contribution in [0.5, 0.6) is 0 Å². The zero-order valence-corrected chi connectivity index (χ0v) is 26.1. The molecule has 3 unspecified atom stereocenters. The van der Waals surface area contributed by atoms with Gasteiger partial charge in [0.05, 0.1) is 0 Å². The van der Waals surface area contributed by atoms with Crippen molar-refractivity contribution in [3.8, 4) is 0 Å². The molecular weight excluding hydrogens is 476 g/mol. The van der Waals surface area contributed by atoms with Crippen molar-refractivity contribution >= 4 is 9.05 Å². The van der Waals surface area contributed by atoms with Crippen LogP contribution in [0.3, 0.4) is 0 Å². The van der Waals surface area contributed by atoms with Crippen LogP contribution in [0.1, 0.15) is 102 Å². The summed E-state index contributed by atoms with van der Waals surface area (Å²) in [6.45, 7) is 26.3. The van der Waals surface area contributed by atoms with Gasteiger partial charge in [0.25, 0.3) is 0 Å². The second-order valence-corrected chi connectivity index (χ2v) is 16.0. The van der Waals surface area contributed by atoms with E-state index in [1.165, 1.54) is 0 Å². The molecule has 0 aromatic heterocycles. The molecule has 7 nitrogen and oxygen atoms in total. The van der Waals surface area contributed by atoms with Gasteiger partial charge in [0.1, 0.15) is 0 Å². The van der Waals surface area contributed by atoms with E-state index in [1.54, 1.807) is 0 Å². The predicted octanol–water partition coefficient (Wildman–Crippen LogP) is 6.72. The minimum absolute atomic E-state index is 0.106. The van der Waals surface area contributed by atoms with Crippen molar-refractivity contribution < 1.29 is 44.4 Å². The van der Waals surface area contributed by atoms with Gasteiger partial charge in [-0.05, 0) is 0 Å². The van der Waals surface area contributed by atoms with Gasteiger partial charge in [0.2, 0.25) is 0 Å². The van der Waals surface area contributed by atoms with Crippen LogP contribution in [-0.4, -0.2) is 47.2 Å². The zero-order valence-electron chi connectivity index (χ0n) is 23.6. The fraction of sp³-hybridized carbons (Fsp3) is 1.00. The molecule has 0 fully saturated rings. The quantitative estimate of drug-likeness (QED) is 0.162. The standard InChI is InChI=1S/C12H27O4Si.3C4H9O.Ti/c1-7-10(4)14-17(13,15-11(5)8-2)16-12(6)9-3;3*1-4(2)3-5;/h10-12H,7-9H2,1-6H3;3*4H,3H2,1-2H3;/q4*-1;+4. The van der Waals surface area contributed by atoms with E-state index in [4.69, 9.17) is 26.2 Å². The molecule has 9 heteroatoms. The average Bonchev–Trinajstić information content (AvgIpc) is 2.74. The fourth-order valence-corrected chi connectivity index (χ4v) is 10.9. The van der Waals surface area contributed by atoms with Crippen LogP contribution in [0.2, 0.25) is 0 Å². The minimum atomic E-state index is -4.33. The van der Waals surface area contributed by atoms with Crippen molar-refractivity contribution in [2.24, 2.45) is 17.8 Å². The van der Waals surface area contributed by atoms with Gasteiger partial charge in [-0.25, -0.2) is 0 Å². The Bertz CT molecular complexity index is 431. The molecule has 0 saturated carbocycles. The van der Waals surface area contributed by atoms with Gasteiger partial charge in [0, 0.05) is 0 Å². The van der Waals surface area contributed by atoms with E-state index < -0.39 is 27.2 Å².